The summed E-state index contributed by atoms with van der Waals surface area (Å²) < 4.78 is 0. The molecule has 2 aliphatic rings. The van der Waals surface area contributed by atoms with Crippen LogP contribution in [0.3, 0.4) is 0 Å². The first-order valence-electron chi connectivity index (χ1n) is 18.5. The standard InChI is InChI=1S/C48H24N8.Li/c1-2-10-26-18-34-33(17-25(26)9-1)41-49-42(34)54-44-37-21-29-13-5-6-14-30(29)22-38(37)46(51-44)56-48-40-24-32-16-8-7-15-31(32)23-39(40)47(52-48)55-45-36-20-28-12-4-3-11-27(28)19-35(36)43(50-45)53-41;/h1-24H;/q-2;+1. The van der Waals surface area contributed by atoms with Crippen LogP contribution in [0.1, 0.15) is 0 Å². The molecule has 0 unspecified atom stereocenters. The van der Waals surface area contributed by atoms with Gasteiger partial charge in [-0.25, -0.2) is 9.97 Å². The van der Waals surface area contributed by atoms with Gasteiger partial charge in [-0.2, -0.15) is 0 Å². The van der Waals surface area contributed by atoms with E-state index in [0.717, 1.165) is 86.9 Å². The third-order valence-corrected chi connectivity index (χ3v) is 11.2. The van der Waals surface area contributed by atoms with Crippen molar-refractivity contribution in [1.29, 1.82) is 0 Å². The normalized spacial score (nSPS) is 12.1. The first kappa shape index (κ1) is 32.0. The van der Waals surface area contributed by atoms with Crippen molar-refractivity contribution >= 4 is 87.2 Å². The summed E-state index contributed by atoms with van der Waals surface area (Å²) in [6, 6.07) is 50.4. The van der Waals surface area contributed by atoms with E-state index in [1.165, 1.54) is 0 Å². The molecule has 11 aromatic rings. The third kappa shape index (κ3) is 4.82. The summed E-state index contributed by atoms with van der Waals surface area (Å²) in [5, 5.41) is 12.2. The summed E-state index contributed by atoms with van der Waals surface area (Å²) in [6.45, 7) is 0. The summed E-state index contributed by atoms with van der Waals surface area (Å²) in [5.74, 6) is 2.14. The Kier molecular flexibility index (Phi) is 6.68. The van der Waals surface area contributed by atoms with Crippen molar-refractivity contribution < 1.29 is 18.9 Å². The van der Waals surface area contributed by atoms with Crippen LogP contribution in [0.5, 0.6) is 0 Å². The Labute approximate surface area is 335 Å². The molecule has 0 saturated carbocycles. The van der Waals surface area contributed by atoms with Crippen molar-refractivity contribution in [2.75, 3.05) is 0 Å². The zero-order valence-corrected chi connectivity index (χ0v) is 30.4. The van der Waals surface area contributed by atoms with Gasteiger partial charge in [0.15, 0.2) is 0 Å². The van der Waals surface area contributed by atoms with E-state index in [1.807, 2.05) is 48.5 Å². The molecule has 5 heterocycles. The second-order valence-corrected chi connectivity index (χ2v) is 14.5. The van der Waals surface area contributed by atoms with E-state index in [0.29, 0.717) is 45.9 Å². The molecule has 2 aliphatic heterocycles. The van der Waals surface area contributed by atoms with E-state index in [2.05, 4.69) is 97.1 Å². The quantitative estimate of drug-likeness (QED) is 0.147. The Balaban J connectivity index is 0.00000356. The molecule has 9 heteroatoms. The van der Waals surface area contributed by atoms with Crippen LogP contribution >= 0.6 is 0 Å². The minimum absolute atomic E-state index is 0. The second-order valence-electron chi connectivity index (χ2n) is 14.5. The van der Waals surface area contributed by atoms with Crippen LogP contribution in [0.4, 0.5) is 0 Å². The molecule has 3 aromatic heterocycles. The number of hydrogen-bond acceptors (Lipinski definition) is 6. The van der Waals surface area contributed by atoms with Gasteiger partial charge in [0.25, 0.3) is 0 Å². The predicted octanol–water partition coefficient (Wildman–Crippen LogP) is 7.74. The molecule has 0 atom stereocenters. The molecule has 8 bridgehead atoms. The Morgan fingerprint density at radius 1 is 0.263 bits per heavy atom. The maximum atomic E-state index is 5.24. The van der Waals surface area contributed by atoms with Crippen LogP contribution in [0, 0.1) is 0 Å². The zero-order chi connectivity index (χ0) is 36.5. The molecular weight excluding hydrogens is 696 g/mol. The van der Waals surface area contributed by atoms with E-state index in [4.69, 9.17) is 39.9 Å². The van der Waals surface area contributed by atoms with Gasteiger partial charge in [-0.15, -0.1) is 0 Å². The smallest absolute Gasteiger partial charge is 0.357 e. The van der Waals surface area contributed by atoms with Gasteiger partial charge in [-0.05, 0) is 113 Å². The third-order valence-electron chi connectivity index (χ3n) is 11.2. The number of fused-ring (bicyclic) bond motifs is 24. The first-order valence-corrected chi connectivity index (χ1v) is 18.5. The molecule has 8 nitrogen and oxygen atoms in total. The Bertz CT molecular complexity index is 3260. The second kappa shape index (κ2) is 11.9. The van der Waals surface area contributed by atoms with Crippen molar-refractivity contribution in [3.63, 3.8) is 0 Å². The molecule has 0 N–H and O–H groups in total. The SMILES string of the molecule is [Li+].c1ccc2cc3c(cc2c1)-c1nc-3nc2[n-]c(nc3nc(nc4[n-]c(n1)c1cc5ccccc5cc41)-c1cc4ccccc4cc1-3)c1cc3ccccc3cc21. The minimum Gasteiger partial charge on any atom is -0.357 e. The van der Waals surface area contributed by atoms with Gasteiger partial charge in [0, 0.05) is 44.8 Å². The monoisotopic (exact) mass is 719 g/mol. The van der Waals surface area contributed by atoms with E-state index in [9.17, 15) is 0 Å². The van der Waals surface area contributed by atoms with Crippen molar-refractivity contribution in [2.24, 2.45) is 0 Å². The van der Waals surface area contributed by atoms with Crippen LogP contribution in [-0.4, -0.2) is 29.9 Å². The van der Waals surface area contributed by atoms with Gasteiger partial charge >= 0.3 is 18.9 Å². The molecular formula is C48H24LiN8-. The number of benzene rings is 8. The average molecular weight is 720 g/mol. The van der Waals surface area contributed by atoms with Gasteiger partial charge in [-0.3, -0.25) is 0 Å². The Hall–Kier alpha value is -7.24. The van der Waals surface area contributed by atoms with Crippen LogP contribution < -0.4 is 28.8 Å². The van der Waals surface area contributed by atoms with Gasteiger partial charge < -0.3 is 29.9 Å². The van der Waals surface area contributed by atoms with E-state index in [1.54, 1.807) is 0 Å². The van der Waals surface area contributed by atoms with E-state index < -0.39 is 0 Å². The summed E-state index contributed by atoms with van der Waals surface area (Å²) in [7, 11) is 0. The van der Waals surface area contributed by atoms with Gasteiger partial charge in [0.2, 0.25) is 0 Å². The number of hydrogen-bond donors (Lipinski definition) is 0. The van der Waals surface area contributed by atoms with Crippen molar-refractivity contribution in [3.8, 4) is 45.6 Å². The van der Waals surface area contributed by atoms with Crippen LogP contribution in [-0.2, 0) is 0 Å². The van der Waals surface area contributed by atoms with Gasteiger partial charge in [0.05, 0.1) is 23.3 Å². The van der Waals surface area contributed by atoms with Crippen LogP contribution in [0.2, 0.25) is 0 Å². The zero-order valence-electron chi connectivity index (χ0n) is 30.4. The maximum absolute atomic E-state index is 5.24. The van der Waals surface area contributed by atoms with E-state index in [-0.39, 0.29) is 18.9 Å². The minimum atomic E-state index is 0. The van der Waals surface area contributed by atoms with Crippen molar-refractivity contribution in [3.05, 3.63) is 146 Å². The van der Waals surface area contributed by atoms with Crippen LogP contribution in [0.15, 0.2) is 146 Å². The molecule has 0 spiro atoms. The van der Waals surface area contributed by atoms with Gasteiger partial charge in [-0.1, -0.05) is 97.1 Å². The predicted molar refractivity (Wildman–Crippen MR) is 224 cm³/mol. The fraction of sp³-hybridized carbons (Fsp3) is 0. The van der Waals surface area contributed by atoms with Crippen LogP contribution in [0.25, 0.3) is 133 Å². The molecule has 0 fully saturated rings. The molecule has 8 aromatic carbocycles. The number of aromatic nitrogens is 8. The first-order chi connectivity index (χ1) is 27.7. The summed E-state index contributed by atoms with van der Waals surface area (Å²) in [6.07, 6.45) is 0. The summed E-state index contributed by atoms with van der Waals surface area (Å²) in [4.78, 5) is 41.6. The number of rotatable bonds is 0. The molecule has 13 rings (SSSR count). The van der Waals surface area contributed by atoms with Crippen molar-refractivity contribution in [1.82, 2.24) is 39.9 Å². The maximum Gasteiger partial charge on any atom is 1.00 e. The van der Waals surface area contributed by atoms with E-state index >= 15 is 0 Å². The Morgan fingerprint density at radius 3 is 0.702 bits per heavy atom. The average Bonchev–Trinajstić information content (AvgIpc) is 3.95. The topological polar surface area (TPSA) is 106 Å². The van der Waals surface area contributed by atoms with Crippen molar-refractivity contribution in [2.45, 2.75) is 0 Å². The fourth-order valence-corrected chi connectivity index (χ4v) is 8.41. The molecule has 0 radical (unpaired) electrons. The largest absolute Gasteiger partial charge is 1.00 e. The molecule has 258 valence electrons. The molecule has 57 heavy (non-hydrogen) atoms. The Morgan fingerprint density at radius 2 is 0.474 bits per heavy atom. The molecule has 0 amide bonds. The summed E-state index contributed by atoms with van der Waals surface area (Å²) >= 11 is 0. The molecule has 0 saturated heterocycles. The summed E-state index contributed by atoms with van der Waals surface area (Å²) in [5.41, 5.74) is 5.67. The van der Waals surface area contributed by atoms with Gasteiger partial charge in [0.1, 0.15) is 0 Å². The molecule has 0 aliphatic carbocycles. The fourth-order valence-electron chi connectivity index (χ4n) is 8.41. The number of nitrogens with zero attached hydrogens (tertiary/aromatic N) is 8.